The molecule has 0 bridgehead atoms. The summed E-state index contributed by atoms with van der Waals surface area (Å²) >= 11 is 5.23. The smallest absolute Gasteiger partial charge is 0.262 e. The number of aryl methyl sites for hydroxylation is 2. The van der Waals surface area contributed by atoms with Gasteiger partial charge in [0.15, 0.2) is 23.9 Å². The number of benzene rings is 2. The van der Waals surface area contributed by atoms with Crippen LogP contribution in [0.15, 0.2) is 47.6 Å². The third kappa shape index (κ3) is 6.02. The molecule has 0 fully saturated rings. The van der Waals surface area contributed by atoms with Crippen LogP contribution in [0.2, 0.25) is 0 Å². The Morgan fingerprint density at radius 2 is 2.13 bits per heavy atom. The van der Waals surface area contributed by atoms with Gasteiger partial charge in [-0.3, -0.25) is 9.89 Å². The number of nitrogens with one attached hydrogen (secondary N) is 2. The molecule has 0 unspecified atom stereocenters. The standard InChI is InChI=1S/C22H25N5O3S/c1-4-6-20-25-26-22(31)27(20)23-13-16-9-10-18(19(12-16)29-3)30-14-21(28)24-17-8-5-7-15(2)11-17/h5,7-13H,4,6,14H2,1-3H3,(H,24,28)(H,26,31)/b23-13+. The van der Waals surface area contributed by atoms with Gasteiger partial charge in [0.2, 0.25) is 4.77 Å². The van der Waals surface area contributed by atoms with Gasteiger partial charge in [-0.05, 0) is 67.0 Å². The SMILES string of the molecule is CCCc1n[nH]c(=S)n1/N=C/c1ccc(OCC(=O)Nc2cccc(C)c2)c(OC)c1. The Morgan fingerprint density at radius 1 is 1.29 bits per heavy atom. The zero-order valence-corrected chi connectivity index (χ0v) is 18.5. The Morgan fingerprint density at radius 3 is 2.87 bits per heavy atom. The summed E-state index contributed by atoms with van der Waals surface area (Å²) in [6, 6.07) is 12.9. The van der Waals surface area contributed by atoms with Crippen LogP contribution in [0.5, 0.6) is 11.5 Å². The van der Waals surface area contributed by atoms with E-state index in [-0.39, 0.29) is 12.5 Å². The second kappa shape index (κ2) is 10.5. The molecule has 0 radical (unpaired) electrons. The number of ether oxygens (including phenoxy) is 2. The molecule has 2 aromatic carbocycles. The van der Waals surface area contributed by atoms with Crippen LogP contribution in [0, 0.1) is 11.7 Å². The van der Waals surface area contributed by atoms with Gasteiger partial charge in [-0.15, -0.1) is 0 Å². The summed E-state index contributed by atoms with van der Waals surface area (Å²) in [5.41, 5.74) is 2.59. The molecule has 31 heavy (non-hydrogen) atoms. The number of carbonyl (C=O) groups excluding carboxylic acids is 1. The molecule has 1 heterocycles. The molecule has 0 saturated heterocycles. The molecule has 162 valence electrons. The summed E-state index contributed by atoms with van der Waals surface area (Å²) in [4.78, 5) is 12.2. The van der Waals surface area contributed by atoms with E-state index in [0.717, 1.165) is 35.5 Å². The molecule has 2 N–H and O–H groups in total. The van der Waals surface area contributed by atoms with E-state index in [1.54, 1.807) is 30.1 Å². The van der Waals surface area contributed by atoms with Gasteiger partial charge in [0.25, 0.3) is 5.91 Å². The van der Waals surface area contributed by atoms with E-state index < -0.39 is 0 Å². The van der Waals surface area contributed by atoms with Crippen LogP contribution in [-0.4, -0.2) is 40.7 Å². The lowest BCUT2D eigenvalue weighted by Gasteiger charge is -2.11. The molecule has 1 amide bonds. The third-order valence-electron chi connectivity index (χ3n) is 4.36. The largest absolute Gasteiger partial charge is 0.493 e. The predicted molar refractivity (Wildman–Crippen MR) is 123 cm³/mol. The van der Waals surface area contributed by atoms with Gasteiger partial charge >= 0.3 is 0 Å². The highest BCUT2D eigenvalue weighted by molar-refractivity contribution is 7.71. The fourth-order valence-electron chi connectivity index (χ4n) is 2.90. The Labute approximate surface area is 185 Å². The average molecular weight is 440 g/mol. The quantitative estimate of drug-likeness (QED) is 0.387. The molecular weight excluding hydrogens is 414 g/mol. The number of hydrogen-bond acceptors (Lipinski definition) is 6. The van der Waals surface area contributed by atoms with Crippen molar-refractivity contribution < 1.29 is 14.3 Å². The maximum absolute atomic E-state index is 12.2. The van der Waals surface area contributed by atoms with Gasteiger partial charge in [-0.2, -0.15) is 14.9 Å². The first kappa shape index (κ1) is 22.2. The van der Waals surface area contributed by atoms with Crippen molar-refractivity contribution in [1.29, 1.82) is 0 Å². The zero-order chi connectivity index (χ0) is 22.2. The van der Waals surface area contributed by atoms with Crippen LogP contribution in [0.3, 0.4) is 0 Å². The summed E-state index contributed by atoms with van der Waals surface area (Å²) in [5.74, 6) is 1.48. The molecule has 0 saturated carbocycles. The predicted octanol–water partition coefficient (Wildman–Crippen LogP) is 4.11. The van der Waals surface area contributed by atoms with Crippen molar-refractivity contribution in [2.75, 3.05) is 19.0 Å². The average Bonchev–Trinajstić information content (AvgIpc) is 3.10. The molecule has 0 atom stereocenters. The minimum atomic E-state index is -0.254. The first-order chi connectivity index (χ1) is 15.0. The number of methoxy groups -OCH3 is 1. The molecule has 3 rings (SSSR count). The van der Waals surface area contributed by atoms with Crippen molar-refractivity contribution in [3.05, 3.63) is 64.2 Å². The lowest BCUT2D eigenvalue weighted by molar-refractivity contribution is -0.118. The highest BCUT2D eigenvalue weighted by Gasteiger charge is 2.09. The summed E-state index contributed by atoms with van der Waals surface area (Å²) in [5, 5.41) is 14.2. The van der Waals surface area contributed by atoms with Gasteiger partial charge in [0.1, 0.15) is 0 Å². The number of aromatic amines is 1. The number of nitrogens with zero attached hydrogens (tertiary/aromatic N) is 3. The number of hydrogen-bond donors (Lipinski definition) is 2. The fraction of sp³-hybridized carbons (Fsp3) is 0.273. The molecule has 1 aromatic heterocycles. The highest BCUT2D eigenvalue weighted by atomic mass is 32.1. The monoisotopic (exact) mass is 439 g/mol. The van der Waals surface area contributed by atoms with Gasteiger partial charge in [0, 0.05) is 12.1 Å². The Bertz CT molecular complexity index is 1140. The number of amides is 1. The van der Waals surface area contributed by atoms with Crippen molar-refractivity contribution in [3.8, 4) is 11.5 Å². The van der Waals surface area contributed by atoms with Crippen molar-refractivity contribution in [3.63, 3.8) is 0 Å². The second-order valence-corrected chi connectivity index (χ2v) is 7.25. The lowest BCUT2D eigenvalue weighted by Crippen LogP contribution is -2.20. The van der Waals surface area contributed by atoms with Gasteiger partial charge in [0.05, 0.1) is 13.3 Å². The van der Waals surface area contributed by atoms with E-state index in [4.69, 9.17) is 21.7 Å². The normalized spacial score (nSPS) is 10.9. The first-order valence-electron chi connectivity index (χ1n) is 9.88. The van der Waals surface area contributed by atoms with Gasteiger partial charge in [-0.25, -0.2) is 0 Å². The molecule has 9 heteroatoms. The van der Waals surface area contributed by atoms with Crippen LogP contribution in [-0.2, 0) is 11.2 Å². The molecule has 0 aliphatic rings. The highest BCUT2D eigenvalue weighted by Crippen LogP contribution is 2.27. The molecule has 0 aliphatic heterocycles. The van der Waals surface area contributed by atoms with E-state index in [2.05, 4.69) is 27.5 Å². The molecule has 0 spiro atoms. The van der Waals surface area contributed by atoms with Crippen molar-refractivity contribution in [2.24, 2.45) is 5.10 Å². The number of carbonyl (C=O) groups is 1. The van der Waals surface area contributed by atoms with E-state index in [9.17, 15) is 4.79 Å². The summed E-state index contributed by atoms with van der Waals surface area (Å²) < 4.78 is 13.1. The van der Waals surface area contributed by atoms with Crippen LogP contribution in [0.4, 0.5) is 5.69 Å². The van der Waals surface area contributed by atoms with Crippen LogP contribution in [0.25, 0.3) is 0 Å². The third-order valence-corrected chi connectivity index (χ3v) is 4.63. The number of anilines is 1. The van der Waals surface area contributed by atoms with E-state index in [1.165, 1.54) is 0 Å². The minimum Gasteiger partial charge on any atom is -0.493 e. The number of rotatable bonds is 9. The summed E-state index contributed by atoms with van der Waals surface area (Å²) in [6.07, 6.45) is 3.37. The number of H-pyrrole nitrogens is 1. The Balaban J connectivity index is 1.66. The van der Waals surface area contributed by atoms with Crippen LogP contribution < -0.4 is 14.8 Å². The fourth-order valence-corrected chi connectivity index (χ4v) is 3.10. The van der Waals surface area contributed by atoms with Gasteiger partial charge < -0.3 is 14.8 Å². The lowest BCUT2D eigenvalue weighted by atomic mass is 10.2. The molecule has 8 nitrogen and oxygen atoms in total. The topological polar surface area (TPSA) is 93.5 Å². The summed E-state index contributed by atoms with van der Waals surface area (Å²) in [6.45, 7) is 3.89. The maximum atomic E-state index is 12.2. The molecule has 3 aromatic rings. The van der Waals surface area contributed by atoms with Gasteiger partial charge in [-0.1, -0.05) is 19.1 Å². The van der Waals surface area contributed by atoms with Crippen LogP contribution in [0.1, 0.15) is 30.3 Å². The molecular formula is C22H25N5O3S. The van der Waals surface area contributed by atoms with E-state index in [1.807, 2.05) is 37.3 Å². The number of aromatic nitrogens is 3. The zero-order valence-electron chi connectivity index (χ0n) is 17.7. The van der Waals surface area contributed by atoms with Crippen molar-refractivity contribution in [1.82, 2.24) is 14.9 Å². The second-order valence-electron chi connectivity index (χ2n) is 6.87. The van der Waals surface area contributed by atoms with Crippen molar-refractivity contribution >= 4 is 30.0 Å². The maximum Gasteiger partial charge on any atom is 0.262 e. The molecule has 0 aliphatic carbocycles. The summed E-state index contributed by atoms with van der Waals surface area (Å²) in [7, 11) is 1.54. The van der Waals surface area contributed by atoms with E-state index in [0.29, 0.717) is 16.3 Å². The van der Waals surface area contributed by atoms with Crippen LogP contribution >= 0.6 is 12.2 Å². The Kier molecular flexibility index (Phi) is 7.55. The van der Waals surface area contributed by atoms with E-state index >= 15 is 0 Å². The Hall–Kier alpha value is -3.46. The minimum absolute atomic E-state index is 0.137. The first-order valence-corrected chi connectivity index (χ1v) is 10.3. The van der Waals surface area contributed by atoms with Crippen molar-refractivity contribution in [2.45, 2.75) is 26.7 Å².